The van der Waals surface area contributed by atoms with Crippen molar-refractivity contribution in [3.05, 3.63) is 42.2 Å². The van der Waals surface area contributed by atoms with Crippen LogP contribution in [0.15, 0.2) is 36.7 Å². The summed E-state index contributed by atoms with van der Waals surface area (Å²) in [6.45, 7) is 0.879. The van der Waals surface area contributed by atoms with E-state index >= 15 is 0 Å². The maximum Gasteiger partial charge on any atom is 0.170 e. The van der Waals surface area contributed by atoms with E-state index in [0.29, 0.717) is 18.8 Å². The van der Waals surface area contributed by atoms with Crippen LogP contribution in [-0.4, -0.2) is 30.0 Å². The number of nitrogens with zero attached hydrogens (tertiary/aromatic N) is 1. The molecule has 0 spiro atoms. The summed E-state index contributed by atoms with van der Waals surface area (Å²) in [6.07, 6.45) is 3.46. The number of rotatable bonds is 2. The van der Waals surface area contributed by atoms with Crippen LogP contribution in [-0.2, 0) is 4.74 Å². The Bertz CT molecular complexity index is 592. The molecule has 0 radical (unpaired) electrons. The Kier molecular flexibility index (Phi) is 2.81. The van der Waals surface area contributed by atoms with E-state index < -0.39 is 0 Å². The second-order valence-electron chi connectivity index (χ2n) is 4.57. The van der Waals surface area contributed by atoms with Crippen LogP contribution in [0, 0.1) is 5.92 Å². The van der Waals surface area contributed by atoms with Crippen molar-refractivity contribution in [3.8, 4) is 0 Å². The van der Waals surface area contributed by atoms with Crippen LogP contribution in [0.5, 0.6) is 0 Å². The van der Waals surface area contributed by atoms with Gasteiger partial charge in [0.15, 0.2) is 5.78 Å². The Morgan fingerprint density at radius 3 is 3.00 bits per heavy atom. The minimum absolute atomic E-state index is 0.0665. The van der Waals surface area contributed by atoms with Gasteiger partial charge in [0.2, 0.25) is 0 Å². The first kappa shape index (κ1) is 11.3. The predicted molar refractivity (Wildman–Crippen MR) is 68.4 cm³/mol. The molecule has 3 rings (SSSR count). The third-order valence-electron chi connectivity index (χ3n) is 3.41. The van der Waals surface area contributed by atoms with E-state index in [0.717, 1.165) is 10.8 Å². The fourth-order valence-electron chi connectivity index (χ4n) is 2.38. The molecular formula is C14H14N2O2. The second-order valence-corrected chi connectivity index (χ2v) is 4.57. The summed E-state index contributed by atoms with van der Waals surface area (Å²) in [5.41, 5.74) is 6.61. The first-order chi connectivity index (χ1) is 8.77. The van der Waals surface area contributed by atoms with Crippen molar-refractivity contribution >= 4 is 16.6 Å². The number of benzene rings is 1. The zero-order chi connectivity index (χ0) is 12.5. The van der Waals surface area contributed by atoms with E-state index in [1.54, 1.807) is 12.4 Å². The number of pyridine rings is 1. The van der Waals surface area contributed by atoms with Gasteiger partial charge in [-0.25, -0.2) is 0 Å². The van der Waals surface area contributed by atoms with E-state index in [9.17, 15) is 4.79 Å². The van der Waals surface area contributed by atoms with Crippen LogP contribution >= 0.6 is 0 Å². The average Bonchev–Trinajstić information content (AvgIpc) is 2.83. The molecule has 2 aromatic rings. The smallest absolute Gasteiger partial charge is 0.170 e. The van der Waals surface area contributed by atoms with Gasteiger partial charge in [-0.1, -0.05) is 18.2 Å². The number of nitrogens with two attached hydrogens (primary N) is 1. The number of fused-ring (bicyclic) bond motifs is 1. The van der Waals surface area contributed by atoms with Crippen molar-refractivity contribution in [2.24, 2.45) is 11.7 Å². The van der Waals surface area contributed by atoms with E-state index in [4.69, 9.17) is 10.5 Å². The van der Waals surface area contributed by atoms with E-state index in [1.165, 1.54) is 0 Å². The van der Waals surface area contributed by atoms with Gasteiger partial charge in [0, 0.05) is 29.4 Å². The molecule has 18 heavy (non-hydrogen) atoms. The highest BCUT2D eigenvalue weighted by Crippen LogP contribution is 2.23. The Hall–Kier alpha value is -1.78. The largest absolute Gasteiger partial charge is 0.379 e. The monoisotopic (exact) mass is 242 g/mol. The molecule has 1 aliphatic rings. The predicted octanol–water partition coefficient (Wildman–Crippen LogP) is 1.39. The number of carbonyl (C=O) groups is 1. The van der Waals surface area contributed by atoms with Gasteiger partial charge in [-0.2, -0.15) is 0 Å². The summed E-state index contributed by atoms with van der Waals surface area (Å²) in [6, 6.07) is 7.33. The van der Waals surface area contributed by atoms with E-state index in [-0.39, 0.29) is 17.7 Å². The normalized spacial score (nSPS) is 23.4. The van der Waals surface area contributed by atoms with Crippen LogP contribution in [0.3, 0.4) is 0 Å². The zero-order valence-electron chi connectivity index (χ0n) is 9.87. The van der Waals surface area contributed by atoms with Crippen LogP contribution in [0.4, 0.5) is 0 Å². The van der Waals surface area contributed by atoms with E-state index in [2.05, 4.69) is 4.98 Å². The molecule has 92 valence electrons. The van der Waals surface area contributed by atoms with Crippen molar-refractivity contribution in [2.45, 2.75) is 6.04 Å². The van der Waals surface area contributed by atoms with Crippen molar-refractivity contribution in [2.75, 3.05) is 13.2 Å². The lowest BCUT2D eigenvalue weighted by atomic mass is 9.91. The molecule has 2 N–H and O–H groups in total. The van der Waals surface area contributed by atoms with Crippen LogP contribution in [0.1, 0.15) is 10.4 Å². The number of hydrogen-bond donors (Lipinski definition) is 1. The van der Waals surface area contributed by atoms with E-state index in [1.807, 2.05) is 24.3 Å². The van der Waals surface area contributed by atoms with Gasteiger partial charge < -0.3 is 10.5 Å². The SMILES string of the molecule is NC1COCC1C(=O)c1cccc2cnccc12. The summed E-state index contributed by atoms with van der Waals surface area (Å²) in [4.78, 5) is 16.6. The third-order valence-corrected chi connectivity index (χ3v) is 3.41. The molecule has 0 aliphatic carbocycles. The number of ketones is 1. The molecule has 1 saturated heterocycles. The van der Waals surface area contributed by atoms with Gasteiger partial charge in [0.25, 0.3) is 0 Å². The number of Topliss-reactive ketones (excluding diaryl/α,β-unsaturated/α-hetero) is 1. The molecule has 1 aromatic heterocycles. The Balaban J connectivity index is 2.06. The molecule has 1 fully saturated rings. The number of aromatic nitrogens is 1. The molecule has 2 atom stereocenters. The number of hydrogen-bond acceptors (Lipinski definition) is 4. The summed E-state index contributed by atoms with van der Waals surface area (Å²) >= 11 is 0. The molecule has 0 bridgehead atoms. The third kappa shape index (κ3) is 1.79. The molecule has 4 nitrogen and oxygen atoms in total. The minimum atomic E-state index is -0.233. The molecule has 0 amide bonds. The molecule has 2 unspecified atom stereocenters. The number of carbonyl (C=O) groups excluding carboxylic acids is 1. The summed E-state index contributed by atoms with van der Waals surface area (Å²) < 4.78 is 5.27. The summed E-state index contributed by atoms with van der Waals surface area (Å²) in [5, 5.41) is 1.90. The maximum atomic E-state index is 12.5. The summed E-state index contributed by atoms with van der Waals surface area (Å²) in [5.74, 6) is -0.166. The maximum absolute atomic E-state index is 12.5. The van der Waals surface area contributed by atoms with Gasteiger partial charge in [-0.3, -0.25) is 9.78 Å². The molecule has 0 saturated carbocycles. The highest BCUT2D eigenvalue weighted by Gasteiger charge is 2.32. The topological polar surface area (TPSA) is 65.2 Å². The van der Waals surface area contributed by atoms with Gasteiger partial charge in [-0.05, 0) is 11.5 Å². The lowest BCUT2D eigenvalue weighted by Gasteiger charge is -2.13. The first-order valence-electron chi connectivity index (χ1n) is 5.97. The quantitative estimate of drug-likeness (QED) is 0.808. The van der Waals surface area contributed by atoms with Gasteiger partial charge in [-0.15, -0.1) is 0 Å². The molecule has 4 heteroatoms. The lowest BCUT2D eigenvalue weighted by Crippen LogP contribution is -2.34. The fourth-order valence-corrected chi connectivity index (χ4v) is 2.38. The van der Waals surface area contributed by atoms with Crippen molar-refractivity contribution < 1.29 is 9.53 Å². The van der Waals surface area contributed by atoms with Crippen LogP contribution in [0.25, 0.3) is 10.8 Å². The molecule has 2 heterocycles. The Labute approximate surface area is 105 Å². The second kappa shape index (κ2) is 4.48. The lowest BCUT2D eigenvalue weighted by molar-refractivity contribution is 0.0897. The first-order valence-corrected chi connectivity index (χ1v) is 5.97. The summed E-state index contributed by atoms with van der Waals surface area (Å²) in [7, 11) is 0. The molecule has 1 aliphatic heterocycles. The molecule has 1 aromatic carbocycles. The van der Waals surface area contributed by atoms with Gasteiger partial charge >= 0.3 is 0 Å². The highest BCUT2D eigenvalue weighted by atomic mass is 16.5. The Morgan fingerprint density at radius 2 is 2.22 bits per heavy atom. The number of ether oxygens (including phenoxy) is 1. The van der Waals surface area contributed by atoms with Gasteiger partial charge in [0.1, 0.15) is 0 Å². The van der Waals surface area contributed by atoms with Gasteiger partial charge in [0.05, 0.1) is 19.1 Å². The fraction of sp³-hybridized carbons (Fsp3) is 0.286. The van der Waals surface area contributed by atoms with Crippen molar-refractivity contribution in [1.82, 2.24) is 4.98 Å². The van der Waals surface area contributed by atoms with Crippen molar-refractivity contribution in [1.29, 1.82) is 0 Å². The van der Waals surface area contributed by atoms with Crippen LogP contribution < -0.4 is 5.73 Å². The molecular weight excluding hydrogens is 228 g/mol. The van der Waals surface area contributed by atoms with Crippen LogP contribution in [0.2, 0.25) is 0 Å². The standard InChI is InChI=1S/C14H14N2O2/c15-13-8-18-7-12(13)14(17)11-3-1-2-9-6-16-5-4-10(9)11/h1-6,12-13H,7-8,15H2. The minimum Gasteiger partial charge on any atom is -0.379 e. The van der Waals surface area contributed by atoms with Crippen molar-refractivity contribution in [3.63, 3.8) is 0 Å². The zero-order valence-corrected chi connectivity index (χ0v) is 9.87. The highest BCUT2D eigenvalue weighted by molar-refractivity contribution is 6.09. The average molecular weight is 242 g/mol. The Morgan fingerprint density at radius 1 is 1.33 bits per heavy atom.